The molecule has 1 unspecified atom stereocenters. The molecule has 0 bridgehead atoms. The predicted molar refractivity (Wildman–Crippen MR) is 77.3 cm³/mol. The monoisotopic (exact) mass is 266 g/mol. The fourth-order valence-corrected chi connectivity index (χ4v) is 1.87. The Hall–Kier alpha value is -0.970. The molecule has 0 saturated heterocycles. The highest BCUT2D eigenvalue weighted by molar-refractivity contribution is 5.09. The lowest BCUT2D eigenvalue weighted by molar-refractivity contribution is -0.00163. The number of ether oxygens (including phenoxy) is 2. The van der Waals surface area contributed by atoms with E-state index in [9.17, 15) is 0 Å². The summed E-state index contributed by atoms with van der Waals surface area (Å²) in [5.74, 6) is 0. The Balaban J connectivity index is 2.13. The minimum atomic E-state index is 0.147. The maximum Gasteiger partial charge on any atom is 0.0932 e. The second-order valence-electron chi connectivity index (χ2n) is 4.61. The zero-order chi connectivity index (χ0) is 13.8. The molecule has 1 atom stereocenters. The lowest BCUT2D eigenvalue weighted by Crippen LogP contribution is -2.33. The summed E-state index contributed by atoms with van der Waals surface area (Å²) >= 11 is 0. The first-order valence-corrected chi connectivity index (χ1v) is 7.07. The van der Waals surface area contributed by atoms with Gasteiger partial charge >= 0.3 is 0 Å². The zero-order valence-electron chi connectivity index (χ0n) is 12.1. The van der Waals surface area contributed by atoms with Gasteiger partial charge in [0.05, 0.1) is 12.7 Å². The van der Waals surface area contributed by atoms with Crippen molar-refractivity contribution in [2.24, 2.45) is 0 Å². The van der Waals surface area contributed by atoms with Crippen LogP contribution in [0.15, 0.2) is 24.5 Å². The van der Waals surface area contributed by atoms with E-state index in [2.05, 4.69) is 29.4 Å². The van der Waals surface area contributed by atoms with E-state index in [1.54, 1.807) is 7.11 Å². The van der Waals surface area contributed by atoms with Gasteiger partial charge in [0.1, 0.15) is 0 Å². The Morgan fingerprint density at radius 2 is 2.11 bits per heavy atom. The standard InChI is InChI=1S/C15H26N2O2/c1-3-8-17-12-15(13-18-2)19-11-4-5-14-6-9-16-10-7-14/h6-7,9-10,15,17H,3-5,8,11-13H2,1-2H3. The molecule has 1 aromatic rings. The number of aromatic nitrogens is 1. The smallest absolute Gasteiger partial charge is 0.0932 e. The first kappa shape index (κ1) is 16.1. The van der Waals surface area contributed by atoms with Gasteiger partial charge in [0.15, 0.2) is 0 Å². The number of aryl methyl sites for hydroxylation is 1. The molecule has 19 heavy (non-hydrogen) atoms. The van der Waals surface area contributed by atoms with Gasteiger partial charge in [-0.15, -0.1) is 0 Å². The number of pyridine rings is 1. The molecule has 0 spiro atoms. The summed E-state index contributed by atoms with van der Waals surface area (Å²) in [6.45, 7) is 5.46. The van der Waals surface area contributed by atoms with Crippen LogP contribution in [0, 0.1) is 0 Å². The molecule has 108 valence electrons. The van der Waals surface area contributed by atoms with Gasteiger partial charge in [-0.2, -0.15) is 0 Å². The van der Waals surface area contributed by atoms with Crippen LogP contribution < -0.4 is 5.32 Å². The Morgan fingerprint density at radius 1 is 1.32 bits per heavy atom. The zero-order valence-corrected chi connectivity index (χ0v) is 12.1. The number of hydrogen-bond donors (Lipinski definition) is 1. The number of methoxy groups -OCH3 is 1. The van der Waals surface area contributed by atoms with Crippen molar-refractivity contribution < 1.29 is 9.47 Å². The number of nitrogens with one attached hydrogen (secondary N) is 1. The molecule has 0 amide bonds. The van der Waals surface area contributed by atoms with E-state index < -0.39 is 0 Å². The molecular formula is C15H26N2O2. The van der Waals surface area contributed by atoms with Crippen molar-refractivity contribution in [2.75, 3.05) is 33.4 Å². The van der Waals surface area contributed by atoms with Crippen molar-refractivity contribution in [3.8, 4) is 0 Å². The largest absolute Gasteiger partial charge is 0.382 e. The molecule has 0 aliphatic rings. The maximum absolute atomic E-state index is 5.85. The second kappa shape index (κ2) is 10.9. The topological polar surface area (TPSA) is 43.4 Å². The van der Waals surface area contributed by atoms with Gasteiger partial charge in [0, 0.05) is 32.7 Å². The van der Waals surface area contributed by atoms with Crippen LogP contribution in [-0.4, -0.2) is 44.5 Å². The van der Waals surface area contributed by atoms with Crippen LogP contribution in [0.5, 0.6) is 0 Å². The summed E-state index contributed by atoms with van der Waals surface area (Å²) < 4.78 is 11.0. The van der Waals surface area contributed by atoms with Crippen LogP contribution in [0.3, 0.4) is 0 Å². The molecule has 4 heteroatoms. The van der Waals surface area contributed by atoms with E-state index in [-0.39, 0.29) is 6.10 Å². The van der Waals surface area contributed by atoms with Crippen molar-refractivity contribution >= 4 is 0 Å². The average molecular weight is 266 g/mol. The van der Waals surface area contributed by atoms with Gasteiger partial charge in [-0.05, 0) is 43.5 Å². The summed E-state index contributed by atoms with van der Waals surface area (Å²) in [7, 11) is 1.72. The van der Waals surface area contributed by atoms with Crippen LogP contribution in [0.4, 0.5) is 0 Å². The molecule has 0 saturated carbocycles. The lowest BCUT2D eigenvalue weighted by atomic mass is 10.1. The van der Waals surface area contributed by atoms with Crippen molar-refractivity contribution in [3.63, 3.8) is 0 Å². The van der Waals surface area contributed by atoms with Crippen molar-refractivity contribution in [2.45, 2.75) is 32.3 Å². The van der Waals surface area contributed by atoms with Crippen molar-refractivity contribution in [3.05, 3.63) is 30.1 Å². The normalized spacial score (nSPS) is 12.5. The van der Waals surface area contributed by atoms with Gasteiger partial charge in [-0.3, -0.25) is 4.98 Å². The van der Waals surface area contributed by atoms with E-state index in [1.165, 1.54) is 5.56 Å². The van der Waals surface area contributed by atoms with Crippen LogP contribution >= 0.6 is 0 Å². The summed E-state index contributed by atoms with van der Waals surface area (Å²) in [5, 5.41) is 3.37. The summed E-state index contributed by atoms with van der Waals surface area (Å²) in [6, 6.07) is 4.10. The molecule has 1 rings (SSSR count). The minimum Gasteiger partial charge on any atom is -0.382 e. The third kappa shape index (κ3) is 7.93. The molecule has 0 fully saturated rings. The Labute approximate surface area is 116 Å². The van der Waals surface area contributed by atoms with Gasteiger partial charge in [-0.1, -0.05) is 6.92 Å². The van der Waals surface area contributed by atoms with Crippen LogP contribution in [0.25, 0.3) is 0 Å². The first-order valence-electron chi connectivity index (χ1n) is 7.07. The highest BCUT2D eigenvalue weighted by Crippen LogP contribution is 2.02. The summed E-state index contributed by atoms with van der Waals surface area (Å²) in [5.41, 5.74) is 1.31. The van der Waals surface area contributed by atoms with Crippen molar-refractivity contribution in [1.29, 1.82) is 0 Å². The molecule has 1 aromatic heterocycles. The van der Waals surface area contributed by atoms with E-state index in [0.29, 0.717) is 6.61 Å². The lowest BCUT2D eigenvalue weighted by Gasteiger charge is -2.17. The van der Waals surface area contributed by atoms with Gasteiger partial charge in [-0.25, -0.2) is 0 Å². The molecule has 4 nitrogen and oxygen atoms in total. The minimum absolute atomic E-state index is 0.147. The van der Waals surface area contributed by atoms with Gasteiger partial charge in [0.25, 0.3) is 0 Å². The third-order valence-corrected chi connectivity index (χ3v) is 2.86. The third-order valence-electron chi connectivity index (χ3n) is 2.86. The predicted octanol–water partition coefficient (Wildman–Crippen LogP) is 2.05. The first-order chi connectivity index (χ1) is 9.36. The molecule has 0 aliphatic carbocycles. The Kier molecular flexibility index (Phi) is 9.23. The molecule has 1 N–H and O–H groups in total. The summed E-state index contributed by atoms with van der Waals surface area (Å²) in [4.78, 5) is 4.01. The highest BCUT2D eigenvalue weighted by atomic mass is 16.5. The fourth-order valence-electron chi connectivity index (χ4n) is 1.87. The van der Waals surface area contributed by atoms with E-state index in [4.69, 9.17) is 9.47 Å². The average Bonchev–Trinajstić information content (AvgIpc) is 2.45. The van der Waals surface area contributed by atoms with Crippen LogP contribution in [0.1, 0.15) is 25.3 Å². The fraction of sp³-hybridized carbons (Fsp3) is 0.667. The highest BCUT2D eigenvalue weighted by Gasteiger charge is 2.07. The van der Waals surface area contributed by atoms with Crippen molar-refractivity contribution in [1.82, 2.24) is 10.3 Å². The second-order valence-corrected chi connectivity index (χ2v) is 4.61. The number of hydrogen-bond acceptors (Lipinski definition) is 4. The number of rotatable bonds is 11. The molecule has 0 aromatic carbocycles. The van der Waals surface area contributed by atoms with E-state index in [1.807, 2.05) is 12.4 Å². The maximum atomic E-state index is 5.85. The molecule has 0 radical (unpaired) electrons. The van der Waals surface area contributed by atoms with E-state index in [0.717, 1.165) is 39.0 Å². The summed E-state index contributed by atoms with van der Waals surface area (Å²) in [6.07, 6.45) is 7.01. The molecular weight excluding hydrogens is 240 g/mol. The van der Waals surface area contributed by atoms with Crippen LogP contribution in [0.2, 0.25) is 0 Å². The van der Waals surface area contributed by atoms with Crippen LogP contribution in [-0.2, 0) is 15.9 Å². The van der Waals surface area contributed by atoms with Gasteiger partial charge < -0.3 is 14.8 Å². The SMILES string of the molecule is CCCNCC(COC)OCCCc1ccncc1. The Bertz CT molecular complexity index is 306. The van der Waals surface area contributed by atoms with E-state index >= 15 is 0 Å². The number of nitrogens with zero attached hydrogens (tertiary/aromatic N) is 1. The molecule has 0 aliphatic heterocycles. The quantitative estimate of drug-likeness (QED) is 0.623. The molecule has 1 heterocycles. The Morgan fingerprint density at radius 3 is 2.79 bits per heavy atom. The van der Waals surface area contributed by atoms with Gasteiger partial charge in [0.2, 0.25) is 0 Å².